The Morgan fingerprint density at radius 1 is 0.895 bits per heavy atom. The highest BCUT2D eigenvalue weighted by Crippen LogP contribution is 2.35. The van der Waals surface area contributed by atoms with Crippen molar-refractivity contribution in [2.75, 3.05) is 38.1 Å². The number of aromatic amines is 2. The maximum atomic E-state index is 6.28. The van der Waals surface area contributed by atoms with E-state index < -0.39 is 0 Å². The first kappa shape index (κ1) is 23.2. The number of piperazine rings is 1. The van der Waals surface area contributed by atoms with E-state index in [4.69, 9.17) is 9.84 Å². The zero-order valence-electron chi connectivity index (χ0n) is 21.8. The molecule has 8 heteroatoms. The van der Waals surface area contributed by atoms with Crippen molar-refractivity contribution in [3.05, 3.63) is 55.0 Å². The summed E-state index contributed by atoms with van der Waals surface area (Å²) in [6.45, 7) is 4.16. The third-order valence-electron chi connectivity index (χ3n) is 8.07. The van der Waals surface area contributed by atoms with Crippen molar-refractivity contribution in [1.82, 2.24) is 30.0 Å². The normalized spacial score (nSPS) is 17.4. The van der Waals surface area contributed by atoms with Gasteiger partial charge in [0.25, 0.3) is 0 Å². The summed E-state index contributed by atoms with van der Waals surface area (Å²) in [7, 11) is 2.18. The first-order valence-electron chi connectivity index (χ1n) is 13.7. The van der Waals surface area contributed by atoms with Crippen molar-refractivity contribution >= 4 is 27.6 Å². The summed E-state index contributed by atoms with van der Waals surface area (Å²) >= 11 is 0. The van der Waals surface area contributed by atoms with Gasteiger partial charge >= 0.3 is 0 Å². The Kier molecular flexibility index (Phi) is 5.96. The highest BCUT2D eigenvalue weighted by molar-refractivity contribution is 5.99. The van der Waals surface area contributed by atoms with Gasteiger partial charge in [-0.05, 0) is 68.6 Å². The Morgan fingerprint density at radius 2 is 1.76 bits per heavy atom. The Balaban J connectivity index is 1.22. The lowest BCUT2D eigenvalue weighted by Gasteiger charge is -2.34. The average Bonchev–Trinajstić information content (AvgIpc) is 3.58. The van der Waals surface area contributed by atoms with Gasteiger partial charge in [0.05, 0.1) is 23.5 Å². The second-order valence-corrected chi connectivity index (χ2v) is 10.7. The monoisotopic (exact) mass is 507 g/mol. The first-order chi connectivity index (χ1) is 18.7. The fraction of sp³-hybridized carbons (Fsp3) is 0.367. The third-order valence-corrected chi connectivity index (χ3v) is 8.07. The summed E-state index contributed by atoms with van der Waals surface area (Å²) in [5, 5.41) is 10.1. The van der Waals surface area contributed by atoms with E-state index in [-0.39, 0.29) is 0 Å². The van der Waals surface area contributed by atoms with Crippen LogP contribution in [0.15, 0.2) is 55.0 Å². The Hall–Kier alpha value is -3.91. The van der Waals surface area contributed by atoms with Gasteiger partial charge in [-0.15, -0.1) is 0 Å². The molecule has 1 saturated heterocycles. The lowest BCUT2D eigenvalue weighted by Crippen LogP contribution is -2.44. The minimum absolute atomic E-state index is 0.301. The number of nitrogens with one attached hydrogen (secondary N) is 2. The fourth-order valence-corrected chi connectivity index (χ4v) is 5.88. The van der Waals surface area contributed by atoms with Gasteiger partial charge in [-0.25, -0.2) is 4.98 Å². The predicted molar refractivity (Wildman–Crippen MR) is 152 cm³/mol. The molecule has 0 amide bonds. The molecule has 194 valence electrons. The number of aromatic nitrogens is 5. The molecule has 5 heterocycles. The van der Waals surface area contributed by atoms with Gasteiger partial charge in [-0.2, -0.15) is 5.10 Å². The molecule has 1 aliphatic heterocycles. The lowest BCUT2D eigenvalue weighted by molar-refractivity contribution is 0.154. The SMILES string of the molecule is CN1CCN(c2ccnc3[nH]c(-c4n[nH]c5ccc(-c6cncc(OC7CCCCC7)c6)cc45)cc23)CC1. The number of likely N-dealkylation sites (N-methyl/N-ethyl adjacent to an activating group) is 1. The summed E-state index contributed by atoms with van der Waals surface area (Å²) in [5.74, 6) is 0.847. The van der Waals surface area contributed by atoms with Crippen LogP contribution in [-0.2, 0) is 0 Å². The molecule has 38 heavy (non-hydrogen) atoms. The zero-order chi connectivity index (χ0) is 25.5. The topological polar surface area (TPSA) is 86.0 Å². The third kappa shape index (κ3) is 4.39. The van der Waals surface area contributed by atoms with Crippen LogP contribution in [0.4, 0.5) is 5.69 Å². The van der Waals surface area contributed by atoms with Gasteiger partial charge in [0.2, 0.25) is 0 Å². The lowest BCUT2D eigenvalue weighted by atomic mass is 9.98. The standard InChI is InChI=1S/C30H33N7O/c1-36-11-13-37(14-12-36)28-9-10-32-30-25(28)17-27(33-30)29-24-16-20(7-8-26(24)34-35-29)21-15-23(19-31-18-21)38-22-5-3-2-4-6-22/h7-10,15-19,22H,2-6,11-14H2,1H3,(H,32,33)(H,34,35). The number of hydrogen-bond donors (Lipinski definition) is 2. The largest absolute Gasteiger partial charge is 0.489 e. The number of nitrogens with zero attached hydrogens (tertiary/aromatic N) is 5. The number of H-pyrrole nitrogens is 2. The van der Waals surface area contributed by atoms with Gasteiger partial charge in [0.1, 0.15) is 17.1 Å². The van der Waals surface area contributed by atoms with Crippen LogP contribution >= 0.6 is 0 Å². The molecule has 0 bridgehead atoms. The van der Waals surface area contributed by atoms with Crippen LogP contribution in [0.3, 0.4) is 0 Å². The van der Waals surface area contributed by atoms with Crippen LogP contribution in [0.1, 0.15) is 32.1 Å². The molecule has 2 N–H and O–H groups in total. The van der Waals surface area contributed by atoms with Gasteiger partial charge in [-0.3, -0.25) is 10.1 Å². The smallest absolute Gasteiger partial charge is 0.139 e. The zero-order valence-corrected chi connectivity index (χ0v) is 21.8. The van der Waals surface area contributed by atoms with Gasteiger partial charge in [0, 0.05) is 60.6 Å². The van der Waals surface area contributed by atoms with Crippen molar-refractivity contribution in [3.8, 4) is 28.3 Å². The molecule has 4 aromatic heterocycles. The van der Waals surface area contributed by atoms with E-state index in [1.165, 1.54) is 24.9 Å². The van der Waals surface area contributed by atoms with E-state index in [2.05, 4.69) is 73.3 Å². The number of benzene rings is 1. The summed E-state index contributed by atoms with van der Waals surface area (Å²) in [6, 6.07) is 12.8. The first-order valence-corrected chi connectivity index (χ1v) is 13.7. The molecule has 1 saturated carbocycles. The van der Waals surface area contributed by atoms with E-state index >= 15 is 0 Å². The molecule has 0 atom stereocenters. The van der Waals surface area contributed by atoms with Crippen molar-refractivity contribution in [1.29, 1.82) is 0 Å². The van der Waals surface area contributed by atoms with Crippen LogP contribution in [0.25, 0.3) is 44.5 Å². The number of rotatable bonds is 5. The molecule has 7 rings (SSSR count). The highest BCUT2D eigenvalue weighted by atomic mass is 16.5. The average molecular weight is 508 g/mol. The molecule has 1 aromatic carbocycles. The van der Waals surface area contributed by atoms with Gasteiger partial charge in [-0.1, -0.05) is 12.5 Å². The van der Waals surface area contributed by atoms with Crippen LogP contribution < -0.4 is 9.64 Å². The van der Waals surface area contributed by atoms with Gasteiger partial charge < -0.3 is 19.5 Å². The number of anilines is 1. The number of ether oxygens (including phenoxy) is 1. The van der Waals surface area contributed by atoms with Crippen molar-refractivity contribution in [2.24, 2.45) is 0 Å². The van der Waals surface area contributed by atoms with E-state index in [0.717, 1.165) is 89.2 Å². The molecule has 0 radical (unpaired) electrons. The second kappa shape index (κ2) is 9.76. The Morgan fingerprint density at radius 3 is 2.63 bits per heavy atom. The predicted octanol–water partition coefficient (Wildman–Crippen LogP) is 5.63. The summed E-state index contributed by atoms with van der Waals surface area (Å²) in [4.78, 5) is 17.5. The maximum absolute atomic E-state index is 6.28. The van der Waals surface area contributed by atoms with Crippen LogP contribution in [-0.4, -0.2) is 69.4 Å². The molecule has 0 spiro atoms. The van der Waals surface area contributed by atoms with Crippen LogP contribution in [0, 0.1) is 0 Å². The Labute approximate surface area is 222 Å². The van der Waals surface area contributed by atoms with E-state index in [1.54, 1.807) is 0 Å². The Bertz CT molecular complexity index is 1570. The molecule has 0 unspecified atom stereocenters. The van der Waals surface area contributed by atoms with E-state index in [9.17, 15) is 0 Å². The number of pyridine rings is 2. The minimum atomic E-state index is 0.301. The molecule has 2 aliphatic rings. The van der Waals surface area contributed by atoms with Crippen LogP contribution in [0.5, 0.6) is 5.75 Å². The molecular weight excluding hydrogens is 474 g/mol. The van der Waals surface area contributed by atoms with Crippen LogP contribution in [0.2, 0.25) is 0 Å². The minimum Gasteiger partial charge on any atom is -0.489 e. The molecule has 8 nitrogen and oxygen atoms in total. The molecule has 1 aliphatic carbocycles. The van der Waals surface area contributed by atoms with Crippen molar-refractivity contribution in [2.45, 2.75) is 38.2 Å². The molecule has 5 aromatic rings. The maximum Gasteiger partial charge on any atom is 0.139 e. The van der Waals surface area contributed by atoms with E-state index in [0.29, 0.717) is 6.10 Å². The van der Waals surface area contributed by atoms with Gasteiger partial charge in [0.15, 0.2) is 0 Å². The van der Waals surface area contributed by atoms with E-state index in [1.807, 2.05) is 18.6 Å². The quantitative estimate of drug-likeness (QED) is 0.321. The van der Waals surface area contributed by atoms with Crippen molar-refractivity contribution < 1.29 is 4.74 Å². The summed E-state index contributed by atoms with van der Waals surface area (Å²) in [6.07, 6.45) is 12.0. The highest BCUT2D eigenvalue weighted by Gasteiger charge is 2.20. The number of fused-ring (bicyclic) bond motifs is 2. The second-order valence-electron chi connectivity index (χ2n) is 10.7. The summed E-state index contributed by atoms with van der Waals surface area (Å²) < 4.78 is 6.28. The fourth-order valence-electron chi connectivity index (χ4n) is 5.88. The molecular formula is C30H33N7O. The van der Waals surface area contributed by atoms with Crippen molar-refractivity contribution in [3.63, 3.8) is 0 Å². The molecule has 2 fully saturated rings. The number of hydrogen-bond acceptors (Lipinski definition) is 6. The summed E-state index contributed by atoms with van der Waals surface area (Å²) in [5.41, 5.74) is 7.11.